The summed E-state index contributed by atoms with van der Waals surface area (Å²) in [6.45, 7) is 8.59. The smallest absolute Gasteiger partial charge is 0.0426 e. The Morgan fingerprint density at radius 2 is 2.06 bits per heavy atom. The van der Waals surface area contributed by atoms with Gasteiger partial charge in [0.25, 0.3) is 0 Å². The number of halogens is 1. The minimum atomic E-state index is 0.522. The predicted molar refractivity (Wildman–Crippen MR) is 81.6 cm³/mol. The van der Waals surface area contributed by atoms with E-state index in [0.717, 1.165) is 31.0 Å². The minimum Gasteiger partial charge on any atom is -0.372 e. The van der Waals surface area contributed by atoms with Crippen LogP contribution in [0, 0.1) is 0 Å². The first-order chi connectivity index (χ1) is 8.60. The molecule has 1 unspecified atom stereocenters. The Bertz CT molecular complexity index is 366. The zero-order chi connectivity index (χ0) is 13.5. The number of hydrogen-bond acceptors (Lipinski definition) is 2. The molecule has 0 aliphatic carbocycles. The van der Waals surface area contributed by atoms with E-state index in [1.54, 1.807) is 0 Å². The van der Waals surface area contributed by atoms with Crippen LogP contribution in [0.2, 0.25) is 5.02 Å². The van der Waals surface area contributed by atoms with Crippen molar-refractivity contribution in [2.24, 2.45) is 0 Å². The van der Waals surface area contributed by atoms with Crippen LogP contribution in [0.1, 0.15) is 39.2 Å². The Morgan fingerprint density at radius 1 is 1.33 bits per heavy atom. The molecular weight excluding hydrogens is 244 g/mol. The van der Waals surface area contributed by atoms with E-state index < -0.39 is 0 Å². The monoisotopic (exact) mass is 268 g/mol. The zero-order valence-electron chi connectivity index (χ0n) is 12.0. The molecule has 0 aromatic heterocycles. The molecular formula is C15H25ClN2. The summed E-state index contributed by atoms with van der Waals surface area (Å²) in [5.41, 5.74) is 2.55. The van der Waals surface area contributed by atoms with E-state index in [9.17, 15) is 0 Å². The molecule has 1 rings (SSSR count). The third-order valence-corrected chi connectivity index (χ3v) is 3.66. The van der Waals surface area contributed by atoms with Gasteiger partial charge < -0.3 is 10.2 Å². The van der Waals surface area contributed by atoms with E-state index in [1.807, 2.05) is 6.07 Å². The van der Waals surface area contributed by atoms with Crippen molar-refractivity contribution in [2.45, 2.75) is 46.2 Å². The molecule has 18 heavy (non-hydrogen) atoms. The third kappa shape index (κ3) is 4.18. The molecule has 0 aliphatic rings. The fourth-order valence-corrected chi connectivity index (χ4v) is 2.09. The van der Waals surface area contributed by atoms with Gasteiger partial charge in [-0.15, -0.1) is 0 Å². The molecule has 1 aromatic rings. The van der Waals surface area contributed by atoms with E-state index in [1.165, 1.54) is 11.3 Å². The Kier molecular flexibility index (Phi) is 6.51. The Labute approximate surface area is 116 Å². The summed E-state index contributed by atoms with van der Waals surface area (Å²) in [6, 6.07) is 6.68. The van der Waals surface area contributed by atoms with Crippen molar-refractivity contribution < 1.29 is 0 Å². The lowest BCUT2D eigenvalue weighted by molar-refractivity contribution is 0.647. The topological polar surface area (TPSA) is 15.3 Å². The molecule has 0 saturated carbocycles. The van der Waals surface area contributed by atoms with Crippen molar-refractivity contribution in [1.82, 2.24) is 5.32 Å². The highest BCUT2D eigenvalue weighted by molar-refractivity contribution is 6.30. The van der Waals surface area contributed by atoms with Gasteiger partial charge in [-0.1, -0.05) is 31.5 Å². The summed E-state index contributed by atoms with van der Waals surface area (Å²) in [7, 11) is 2.14. The molecule has 0 fully saturated rings. The number of hydrogen-bond donors (Lipinski definition) is 1. The lowest BCUT2D eigenvalue weighted by Gasteiger charge is -2.28. The van der Waals surface area contributed by atoms with Crippen molar-refractivity contribution in [3.63, 3.8) is 0 Å². The normalized spacial score (nSPS) is 12.5. The second-order valence-corrected chi connectivity index (χ2v) is 5.25. The summed E-state index contributed by atoms with van der Waals surface area (Å²) in [6.07, 6.45) is 2.29. The maximum Gasteiger partial charge on any atom is 0.0426 e. The quantitative estimate of drug-likeness (QED) is 0.750. The lowest BCUT2D eigenvalue weighted by Crippen LogP contribution is -2.29. The molecule has 3 heteroatoms. The molecule has 0 radical (unpaired) electrons. The summed E-state index contributed by atoms with van der Waals surface area (Å²) in [5.74, 6) is 0. The van der Waals surface area contributed by atoms with E-state index in [2.05, 4.69) is 50.2 Å². The largest absolute Gasteiger partial charge is 0.372 e. The molecule has 0 amide bonds. The second-order valence-electron chi connectivity index (χ2n) is 4.82. The summed E-state index contributed by atoms with van der Waals surface area (Å²) in [4.78, 5) is 2.31. The minimum absolute atomic E-state index is 0.522. The van der Waals surface area contributed by atoms with Crippen molar-refractivity contribution in [3.8, 4) is 0 Å². The van der Waals surface area contributed by atoms with Crippen LogP contribution in [0.5, 0.6) is 0 Å². The maximum atomic E-state index is 6.12. The van der Waals surface area contributed by atoms with Crippen LogP contribution in [-0.2, 0) is 6.54 Å². The van der Waals surface area contributed by atoms with Crippen molar-refractivity contribution in [2.75, 3.05) is 18.5 Å². The Balaban J connectivity index is 2.88. The molecule has 1 N–H and O–H groups in total. The van der Waals surface area contributed by atoms with E-state index in [-0.39, 0.29) is 0 Å². The van der Waals surface area contributed by atoms with Crippen molar-refractivity contribution in [1.29, 1.82) is 0 Å². The summed E-state index contributed by atoms with van der Waals surface area (Å²) >= 11 is 6.12. The molecule has 0 spiro atoms. The zero-order valence-corrected chi connectivity index (χ0v) is 12.7. The van der Waals surface area contributed by atoms with Gasteiger partial charge >= 0.3 is 0 Å². The van der Waals surface area contributed by atoms with Gasteiger partial charge in [0.05, 0.1) is 0 Å². The van der Waals surface area contributed by atoms with Crippen LogP contribution in [-0.4, -0.2) is 19.6 Å². The van der Waals surface area contributed by atoms with Crippen LogP contribution >= 0.6 is 11.6 Å². The second kappa shape index (κ2) is 7.65. The maximum absolute atomic E-state index is 6.12. The molecule has 0 saturated heterocycles. The first-order valence-electron chi connectivity index (χ1n) is 6.82. The van der Waals surface area contributed by atoms with Crippen LogP contribution in [0.25, 0.3) is 0 Å². The lowest BCUT2D eigenvalue weighted by atomic mass is 10.1. The van der Waals surface area contributed by atoms with Crippen molar-refractivity contribution >= 4 is 17.3 Å². The standard InChI is InChI=1S/C15H25ClN2/c1-5-9-17-11-13-7-8-14(16)10-15(13)18(4)12(3)6-2/h7-8,10,12,17H,5-6,9,11H2,1-4H3. The number of rotatable bonds is 7. The van der Waals surface area contributed by atoms with Gasteiger partial charge in [-0.25, -0.2) is 0 Å². The van der Waals surface area contributed by atoms with Crippen LogP contribution in [0.15, 0.2) is 18.2 Å². The predicted octanol–water partition coefficient (Wildman–Crippen LogP) is 4.07. The highest BCUT2D eigenvalue weighted by Gasteiger charge is 2.12. The third-order valence-electron chi connectivity index (χ3n) is 3.42. The Morgan fingerprint density at radius 3 is 2.67 bits per heavy atom. The number of anilines is 1. The van der Waals surface area contributed by atoms with E-state index in [0.29, 0.717) is 6.04 Å². The van der Waals surface area contributed by atoms with E-state index in [4.69, 9.17) is 11.6 Å². The average Bonchev–Trinajstić information content (AvgIpc) is 2.38. The fraction of sp³-hybridized carbons (Fsp3) is 0.600. The van der Waals surface area contributed by atoms with Crippen LogP contribution in [0.3, 0.4) is 0 Å². The highest BCUT2D eigenvalue weighted by atomic mass is 35.5. The average molecular weight is 269 g/mol. The molecule has 0 heterocycles. The van der Waals surface area contributed by atoms with Gasteiger partial charge in [-0.2, -0.15) is 0 Å². The van der Waals surface area contributed by atoms with Gasteiger partial charge in [0, 0.05) is 30.3 Å². The molecule has 0 aliphatic heterocycles. The molecule has 1 aromatic carbocycles. The van der Waals surface area contributed by atoms with Crippen molar-refractivity contribution in [3.05, 3.63) is 28.8 Å². The number of nitrogens with zero attached hydrogens (tertiary/aromatic N) is 1. The first-order valence-corrected chi connectivity index (χ1v) is 7.19. The van der Waals surface area contributed by atoms with Gasteiger partial charge in [0.2, 0.25) is 0 Å². The number of nitrogens with one attached hydrogen (secondary N) is 1. The molecule has 0 bridgehead atoms. The van der Waals surface area contributed by atoms with Gasteiger partial charge in [-0.05, 0) is 44.0 Å². The van der Waals surface area contributed by atoms with E-state index >= 15 is 0 Å². The molecule has 102 valence electrons. The highest BCUT2D eigenvalue weighted by Crippen LogP contribution is 2.26. The number of benzene rings is 1. The first kappa shape index (κ1) is 15.3. The SMILES string of the molecule is CCCNCc1ccc(Cl)cc1N(C)C(C)CC. The Hall–Kier alpha value is -0.730. The molecule has 1 atom stereocenters. The summed E-state index contributed by atoms with van der Waals surface area (Å²) in [5, 5.41) is 4.26. The van der Waals surface area contributed by atoms with Gasteiger partial charge in [0.15, 0.2) is 0 Å². The van der Waals surface area contributed by atoms with Crippen LogP contribution < -0.4 is 10.2 Å². The fourth-order valence-electron chi connectivity index (χ4n) is 1.93. The van der Waals surface area contributed by atoms with Crippen LogP contribution in [0.4, 0.5) is 5.69 Å². The molecule has 2 nitrogen and oxygen atoms in total. The van der Waals surface area contributed by atoms with Gasteiger partial charge in [-0.3, -0.25) is 0 Å². The van der Waals surface area contributed by atoms with Gasteiger partial charge in [0.1, 0.15) is 0 Å². The summed E-state index contributed by atoms with van der Waals surface area (Å²) < 4.78 is 0.